The fourth-order valence-corrected chi connectivity index (χ4v) is 2.49. The van der Waals surface area contributed by atoms with Gasteiger partial charge in [0.1, 0.15) is 12.1 Å². The summed E-state index contributed by atoms with van der Waals surface area (Å²) < 4.78 is 20.2. The summed E-state index contributed by atoms with van der Waals surface area (Å²) >= 11 is 0. The number of carbonyl (C=O) groups is 1. The van der Waals surface area contributed by atoms with Crippen LogP contribution in [0.1, 0.15) is 18.5 Å². The predicted molar refractivity (Wildman–Crippen MR) is 87.0 cm³/mol. The van der Waals surface area contributed by atoms with Crippen molar-refractivity contribution in [3.05, 3.63) is 53.8 Å². The van der Waals surface area contributed by atoms with Gasteiger partial charge in [0.2, 0.25) is 5.91 Å². The van der Waals surface area contributed by atoms with Crippen molar-refractivity contribution in [2.24, 2.45) is 0 Å². The number of carbonyl (C=O) groups excluding carboxylic acids is 1. The maximum absolute atomic E-state index is 13.8. The van der Waals surface area contributed by atoms with Crippen LogP contribution in [0.2, 0.25) is 0 Å². The van der Waals surface area contributed by atoms with E-state index in [0.29, 0.717) is 5.56 Å². The van der Waals surface area contributed by atoms with Crippen molar-refractivity contribution in [3.8, 4) is 5.75 Å². The molecule has 1 atom stereocenters. The van der Waals surface area contributed by atoms with Crippen LogP contribution in [0, 0.1) is 5.82 Å². The van der Waals surface area contributed by atoms with E-state index >= 15 is 0 Å². The predicted octanol–water partition coefficient (Wildman–Crippen LogP) is 2.46. The minimum absolute atomic E-state index is 0.0451. The van der Waals surface area contributed by atoms with Crippen molar-refractivity contribution >= 4 is 16.9 Å². The number of hydrogen-bond donors (Lipinski definition) is 1. The molecule has 2 aromatic carbocycles. The number of benzene rings is 2. The SMILES string of the molecule is COc1ccc(C(C)NC(=O)Cn2nnc3ccccc32)cc1F. The van der Waals surface area contributed by atoms with Gasteiger partial charge >= 0.3 is 0 Å². The number of nitrogens with zero attached hydrogens (tertiary/aromatic N) is 3. The van der Waals surface area contributed by atoms with E-state index < -0.39 is 5.82 Å². The fraction of sp³-hybridized carbons (Fsp3) is 0.235. The Morgan fingerprint density at radius 2 is 2.12 bits per heavy atom. The van der Waals surface area contributed by atoms with Crippen LogP contribution in [0.5, 0.6) is 5.75 Å². The summed E-state index contributed by atoms with van der Waals surface area (Å²) in [4.78, 5) is 12.2. The zero-order valence-corrected chi connectivity index (χ0v) is 13.4. The number of nitrogens with one attached hydrogen (secondary N) is 1. The van der Waals surface area contributed by atoms with E-state index in [4.69, 9.17) is 4.74 Å². The first-order valence-electron chi connectivity index (χ1n) is 7.49. The molecule has 0 fully saturated rings. The van der Waals surface area contributed by atoms with E-state index in [2.05, 4.69) is 15.6 Å². The van der Waals surface area contributed by atoms with Crippen LogP contribution >= 0.6 is 0 Å². The number of hydrogen-bond acceptors (Lipinski definition) is 4. The second-order valence-electron chi connectivity index (χ2n) is 5.42. The Morgan fingerprint density at radius 3 is 2.88 bits per heavy atom. The first-order valence-corrected chi connectivity index (χ1v) is 7.49. The summed E-state index contributed by atoms with van der Waals surface area (Å²) in [7, 11) is 1.41. The quantitative estimate of drug-likeness (QED) is 0.781. The zero-order valence-electron chi connectivity index (χ0n) is 13.4. The molecule has 0 radical (unpaired) electrons. The van der Waals surface area contributed by atoms with Crippen molar-refractivity contribution in [3.63, 3.8) is 0 Å². The van der Waals surface area contributed by atoms with Crippen LogP contribution in [0.4, 0.5) is 4.39 Å². The lowest BCUT2D eigenvalue weighted by molar-refractivity contribution is -0.122. The number of aromatic nitrogens is 3. The molecule has 0 saturated carbocycles. The molecule has 1 unspecified atom stereocenters. The average molecular weight is 328 g/mol. The molecule has 3 rings (SSSR count). The summed E-state index contributed by atoms with van der Waals surface area (Å²) in [6, 6.07) is 11.7. The summed E-state index contributed by atoms with van der Waals surface area (Å²) in [5, 5.41) is 10.8. The molecule has 0 spiro atoms. The Kier molecular flexibility index (Phi) is 4.41. The Morgan fingerprint density at radius 1 is 1.33 bits per heavy atom. The maximum atomic E-state index is 13.8. The number of amides is 1. The fourth-order valence-electron chi connectivity index (χ4n) is 2.49. The van der Waals surface area contributed by atoms with Gasteiger partial charge in [-0.05, 0) is 36.8 Å². The lowest BCUT2D eigenvalue weighted by Crippen LogP contribution is -2.30. The largest absolute Gasteiger partial charge is 0.494 e. The van der Waals surface area contributed by atoms with E-state index in [1.54, 1.807) is 13.0 Å². The van der Waals surface area contributed by atoms with Gasteiger partial charge in [-0.3, -0.25) is 4.79 Å². The minimum Gasteiger partial charge on any atom is -0.494 e. The highest BCUT2D eigenvalue weighted by molar-refractivity contribution is 5.80. The molecule has 3 aromatic rings. The average Bonchev–Trinajstić information content (AvgIpc) is 2.97. The summed E-state index contributed by atoms with van der Waals surface area (Å²) in [5.41, 5.74) is 2.18. The van der Waals surface area contributed by atoms with Gasteiger partial charge in [0, 0.05) is 0 Å². The number of fused-ring (bicyclic) bond motifs is 1. The highest BCUT2D eigenvalue weighted by atomic mass is 19.1. The molecule has 6 nitrogen and oxygen atoms in total. The molecule has 0 aliphatic carbocycles. The van der Waals surface area contributed by atoms with Crippen LogP contribution in [-0.4, -0.2) is 28.0 Å². The van der Waals surface area contributed by atoms with Gasteiger partial charge in [0.25, 0.3) is 0 Å². The highest BCUT2D eigenvalue weighted by Crippen LogP contribution is 2.21. The van der Waals surface area contributed by atoms with Gasteiger partial charge in [-0.1, -0.05) is 23.4 Å². The molecule has 1 amide bonds. The molecule has 0 aliphatic rings. The molecular formula is C17H17FN4O2. The summed E-state index contributed by atoms with van der Waals surface area (Å²) in [5.74, 6) is -0.515. The Labute approximate surface area is 138 Å². The molecule has 24 heavy (non-hydrogen) atoms. The van der Waals surface area contributed by atoms with Crippen molar-refractivity contribution in [1.82, 2.24) is 20.3 Å². The first-order chi connectivity index (χ1) is 11.6. The topological polar surface area (TPSA) is 69.0 Å². The lowest BCUT2D eigenvalue weighted by atomic mass is 10.1. The third kappa shape index (κ3) is 3.19. The Balaban J connectivity index is 1.69. The molecule has 0 saturated heterocycles. The Bertz CT molecular complexity index is 878. The Hall–Kier alpha value is -2.96. The van der Waals surface area contributed by atoms with Gasteiger partial charge in [0.05, 0.1) is 18.7 Å². The van der Waals surface area contributed by atoms with Gasteiger partial charge < -0.3 is 10.1 Å². The normalized spacial score (nSPS) is 12.1. The molecule has 1 N–H and O–H groups in total. The smallest absolute Gasteiger partial charge is 0.242 e. The third-order valence-corrected chi connectivity index (χ3v) is 3.77. The molecule has 1 aromatic heterocycles. The van der Waals surface area contributed by atoms with Gasteiger partial charge in [0.15, 0.2) is 11.6 Å². The highest BCUT2D eigenvalue weighted by Gasteiger charge is 2.14. The maximum Gasteiger partial charge on any atom is 0.242 e. The van der Waals surface area contributed by atoms with E-state index in [9.17, 15) is 9.18 Å². The van der Waals surface area contributed by atoms with Crippen molar-refractivity contribution < 1.29 is 13.9 Å². The van der Waals surface area contributed by atoms with E-state index in [0.717, 1.165) is 11.0 Å². The molecular weight excluding hydrogens is 311 g/mol. The number of methoxy groups -OCH3 is 1. The van der Waals surface area contributed by atoms with Crippen molar-refractivity contribution in [1.29, 1.82) is 0 Å². The van der Waals surface area contributed by atoms with Crippen LogP contribution in [0.25, 0.3) is 11.0 Å². The van der Waals surface area contributed by atoms with Crippen molar-refractivity contribution in [2.45, 2.75) is 19.5 Å². The van der Waals surface area contributed by atoms with Gasteiger partial charge in [-0.25, -0.2) is 9.07 Å². The lowest BCUT2D eigenvalue weighted by Gasteiger charge is -2.15. The van der Waals surface area contributed by atoms with Crippen LogP contribution in [0.3, 0.4) is 0 Å². The van der Waals surface area contributed by atoms with Crippen LogP contribution in [0.15, 0.2) is 42.5 Å². The second-order valence-corrected chi connectivity index (χ2v) is 5.42. The monoisotopic (exact) mass is 328 g/mol. The molecule has 7 heteroatoms. The minimum atomic E-state index is -0.460. The summed E-state index contributed by atoms with van der Waals surface area (Å²) in [6.45, 7) is 1.84. The van der Waals surface area contributed by atoms with E-state index in [1.807, 2.05) is 24.3 Å². The van der Waals surface area contributed by atoms with E-state index in [-0.39, 0.29) is 24.2 Å². The molecule has 1 heterocycles. The first kappa shape index (κ1) is 15.9. The number of halogens is 1. The standard InChI is InChI=1S/C17H17FN4O2/c1-11(12-7-8-16(24-2)13(18)9-12)19-17(23)10-22-15-6-4-3-5-14(15)20-21-22/h3-9,11H,10H2,1-2H3,(H,19,23). The molecule has 0 bridgehead atoms. The third-order valence-electron chi connectivity index (χ3n) is 3.77. The number of para-hydroxylation sites is 1. The second kappa shape index (κ2) is 6.66. The number of rotatable bonds is 5. The van der Waals surface area contributed by atoms with E-state index in [1.165, 1.54) is 23.9 Å². The van der Waals surface area contributed by atoms with Gasteiger partial charge in [-0.2, -0.15) is 0 Å². The zero-order chi connectivity index (χ0) is 17.1. The van der Waals surface area contributed by atoms with Crippen molar-refractivity contribution in [2.75, 3.05) is 7.11 Å². The number of ether oxygens (including phenoxy) is 1. The molecule has 124 valence electrons. The van der Waals surface area contributed by atoms with Gasteiger partial charge in [-0.15, -0.1) is 5.10 Å². The molecule has 0 aliphatic heterocycles. The van der Waals surface area contributed by atoms with Crippen LogP contribution < -0.4 is 10.1 Å². The summed E-state index contributed by atoms with van der Waals surface area (Å²) in [6.07, 6.45) is 0. The van der Waals surface area contributed by atoms with Crippen LogP contribution in [-0.2, 0) is 11.3 Å².